The van der Waals surface area contributed by atoms with E-state index in [1.165, 1.54) is 11.6 Å². The molecule has 2 aromatic rings. The summed E-state index contributed by atoms with van der Waals surface area (Å²) in [6.07, 6.45) is 2.50. The van der Waals surface area contributed by atoms with Crippen molar-refractivity contribution < 1.29 is 4.39 Å². The summed E-state index contributed by atoms with van der Waals surface area (Å²) in [4.78, 5) is 0. The minimum absolute atomic E-state index is 0.196. The molecule has 0 nitrogen and oxygen atoms in total. The van der Waals surface area contributed by atoms with Crippen LogP contribution in [0.2, 0.25) is 0 Å². The van der Waals surface area contributed by atoms with Crippen LogP contribution in [0.3, 0.4) is 0 Å². The molecule has 0 aromatic heterocycles. The first kappa shape index (κ1) is 9.91. The number of hydrogen-bond donors (Lipinski definition) is 0. The molecule has 15 heavy (non-hydrogen) atoms. The van der Waals surface area contributed by atoms with Gasteiger partial charge in [-0.3, -0.25) is 0 Å². The van der Waals surface area contributed by atoms with E-state index >= 15 is 0 Å². The standard InChI is InChI=1S/C14H13F/c1-3-10-6-5-7-11-8-9-13(15)12(4-2)14(10)11/h4-9H,2-3H2,1H3. The van der Waals surface area contributed by atoms with Crippen LogP contribution < -0.4 is 0 Å². The lowest BCUT2D eigenvalue weighted by molar-refractivity contribution is 0.627. The van der Waals surface area contributed by atoms with E-state index < -0.39 is 0 Å². The molecule has 0 unspecified atom stereocenters. The highest BCUT2D eigenvalue weighted by Gasteiger charge is 2.07. The van der Waals surface area contributed by atoms with E-state index in [1.54, 1.807) is 6.08 Å². The van der Waals surface area contributed by atoms with Crippen molar-refractivity contribution in [3.8, 4) is 0 Å². The Bertz CT molecular complexity index is 512. The van der Waals surface area contributed by atoms with Gasteiger partial charge in [-0.05, 0) is 28.8 Å². The maximum Gasteiger partial charge on any atom is 0.131 e. The molecule has 0 radical (unpaired) electrons. The molecule has 0 spiro atoms. The summed E-state index contributed by atoms with van der Waals surface area (Å²) < 4.78 is 13.6. The van der Waals surface area contributed by atoms with Gasteiger partial charge in [-0.15, -0.1) is 0 Å². The van der Waals surface area contributed by atoms with Crippen molar-refractivity contribution in [3.05, 3.63) is 53.9 Å². The lowest BCUT2D eigenvalue weighted by atomic mass is 9.97. The first-order valence-electron chi connectivity index (χ1n) is 5.10. The van der Waals surface area contributed by atoms with Crippen LogP contribution in [0.15, 0.2) is 36.9 Å². The molecule has 0 aliphatic carbocycles. The summed E-state index contributed by atoms with van der Waals surface area (Å²) in [5.41, 5.74) is 1.78. The summed E-state index contributed by atoms with van der Waals surface area (Å²) >= 11 is 0. The second-order valence-electron chi connectivity index (χ2n) is 3.53. The zero-order valence-corrected chi connectivity index (χ0v) is 8.76. The predicted molar refractivity (Wildman–Crippen MR) is 63.4 cm³/mol. The summed E-state index contributed by atoms with van der Waals surface area (Å²) in [5.74, 6) is -0.196. The Balaban J connectivity index is 2.93. The number of rotatable bonds is 2. The minimum Gasteiger partial charge on any atom is -0.206 e. The van der Waals surface area contributed by atoms with Crippen LogP contribution in [0.5, 0.6) is 0 Å². The SMILES string of the molecule is C=Cc1c(F)ccc2cccc(CC)c12. The molecule has 0 N–H and O–H groups in total. The molecule has 0 fully saturated rings. The molecule has 2 rings (SSSR count). The molecule has 76 valence electrons. The maximum atomic E-state index is 13.6. The van der Waals surface area contributed by atoms with E-state index in [1.807, 2.05) is 24.3 Å². The van der Waals surface area contributed by atoms with Gasteiger partial charge in [-0.2, -0.15) is 0 Å². The van der Waals surface area contributed by atoms with Gasteiger partial charge in [-0.1, -0.05) is 43.8 Å². The van der Waals surface area contributed by atoms with Gasteiger partial charge in [0.2, 0.25) is 0 Å². The zero-order valence-electron chi connectivity index (χ0n) is 8.76. The van der Waals surface area contributed by atoms with Gasteiger partial charge in [0.25, 0.3) is 0 Å². The average molecular weight is 200 g/mol. The number of aryl methyl sites for hydroxylation is 1. The van der Waals surface area contributed by atoms with E-state index in [0.717, 1.165) is 17.2 Å². The third kappa shape index (κ3) is 1.54. The van der Waals surface area contributed by atoms with Crippen LogP contribution >= 0.6 is 0 Å². The quantitative estimate of drug-likeness (QED) is 0.682. The maximum absolute atomic E-state index is 13.6. The number of benzene rings is 2. The molecular weight excluding hydrogens is 187 g/mol. The molecule has 0 saturated carbocycles. The normalized spacial score (nSPS) is 10.5. The van der Waals surface area contributed by atoms with E-state index in [4.69, 9.17) is 0 Å². The molecule has 0 bridgehead atoms. The van der Waals surface area contributed by atoms with E-state index in [0.29, 0.717) is 5.56 Å². The van der Waals surface area contributed by atoms with Crippen LogP contribution in [0, 0.1) is 5.82 Å². The van der Waals surface area contributed by atoms with Crippen LogP contribution in [0.1, 0.15) is 18.1 Å². The first-order valence-corrected chi connectivity index (χ1v) is 5.10. The number of halogens is 1. The molecule has 0 aliphatic heterocycles. The molecular formula is C14H13F. The van der Waals surface area contributed by atoms with Gasteiger partial charge >= 0.3 is 0 Å². The fourth-order valence-electron chi connectivity index (χ4n) is 1.95. The van der Waals surface area contributed by atoms with Gasteiger partial charge in [-0.25, -0.2) is 4.39 Å². The van der Waals surface area contributed by atoms with Crippen molar-refractivity contribution in [2.75, 3.05) is 0 Å². The highest BCUT2D eigenvalue weighted by molar-refractivity contribution is 5.93. The lowest BCUT2D eigenvalue weighted by Gasteiger charge is -2.08. The molecule has 2 aromatic carbocycles. The topological polar surface area (TPSA) is 0 Å². The third-order valence-electron chi connectivity index (χ3n) is 2.70. The van der Waals surface area contributed by atoms with E-state index in [9.17, 15) is 4.39 Å². The monoisotopic (exact) mass is 200 g/mol. The predicted octanol–water partition coefficient (Wildman–Crippen LogP) is 4.18. The first-order chi connectivity index (χ1) is 7.27. The lowest BCUT2D eigenvalue weighted by Crippen LogP contribution is -1.90. The number of fused-ring (bicyclic) bond motifs is 1. The van der Waals surface area contributed by atoms with Crippen molar-refractivity contribution in [1.29, 1.82) is 0 Å². The minimum atomic E-state index is -0.196. The van der Waals surface area contributed by atoms with Gasteiger partial charge in [0.05, 0.1) is 0 Å². The Morgan fingerprint density at radius 1 is 1.27 bits per heavy atom. The van der Waals surface area contributed by atoms with Gasteiger partial charge < -0.3 is 0 Å². The second kappa shape index (κ2) is 3.85. The highest BCUT2D eigenvalue weighted by Crippen LogP contribution is 2.26. The van der Waals surface area contributed by atoms with Crippen LogP contribution in [-0.4, -0.2) is 0 Å². The van der Waals surface area contributed by atoms with Crippen molar-refractivity contribution in [2.45, 2.75) is 13.3 Å². The summed E-state index contributed by atoms with van der Waals surface area (Å²) in [7, 11) is 0. The molecule has 0 amide bonds. The summed E-state index contributed by atoms with van der Waals surface area (Å²) in [6.45, 7) is 5.75. The Labute approximate surface area is 89.0 Å². The molecule has 0 aliphatic rings. The second-order valence-corrected chi connectivity index (χ2v) is 3.53. The zero-order chi connectivity index (χ0) is 10.8. The van der Waals surface area contributed by atoms with Gasteiger partial charge in [0, 0.05) is 5.56 Å². The summed E-state index contributed by atoms with van der Waals surface area (Å²) in [6, 6.07) is 9.36. The molecule has 0 atom stereocenters. The third-order valence-corrected chi connectivity index (χ3v) is 2.70. The van der Waals surface area contributed by atoms with Crippen molar-refractivity contribution in [2.24, 2.45) is 0 Å². The van der Waals surface area contributed by atoms with Crippen LogP contribution in [0.25, 0.3) is 16.8 Å². The van der Waals surface area contributed by atoms with Crippen LogP contribution in [-0.2, 0) is 6.42 Å². The van der Waals surface area contributed by atoms with Gasteiger partial charge in [0.15, 0.2) is 0 Å². The fourth-order valence-corrected chi connectivity index (χ4v) is 1.95. The Kier molecular flexibility index (Phi) is 2.55. The fraction of sp³-hybridized carbons (Fsp3) is 0.143. The highest BCUT2D eigenvalue weighted by atomic mass is 19.1. The van der Waals surface area contributed by atoms with Crippen molar-refractivity contribution >= 4 is 16.8 Å². The van der Waals surface area contributed by atoms with Crippen molar-refractivity contribution in [3.63, 3.8) is 0 Å². The number of hydrogen-bond acceptors (Lipinski definition) is 0. The Morgan fingerprint density at radius 3 is 2.73 bits per heavy atom. The molecule has 0 heterocycles. The Hall–Kier alpha value is -1.63. The Morgan fingerprint density at radius 2 is 2.07 bits per heavy atom. The van der Waals surface area contributed by atoms with E-state index in [2.05, 4.69) is 13.5 Å². The van der Waals surface area contributed by atoms with E-state index in [-0.39, 0.29) is 5.82 Å². The van der Waals surface area contributed by atoms with Crippen LogP contribution in [0.4, 0.5) is 4.39 Å². The smallest absolute Gasteiger partial charge is 0.131 e. The average Bonchev–Trinajstić information content (AvgIpc) is 2.28. The molecule has 0 saturated heterocycles. The largest absolute Gasteiger partial charge is 0.206 e. The molecule has 1 heteroatoms. The van der Waals surface area contributed by atoms with Gasteiger partial charge in [0.1, 0.15) is 5.82 Å². The van der Waals surface area contributed by atoms with Crippen molar-refractivity contribution in [1.82, 2.24) is 0 Å². The summed E-state index contributed by atoms with van der Waals surface area (Å²) in [5, 5.41) is 2.07.